The fraction of sp³-hybridized carbons (Fsp3) is 0.533. The van der Waals surface area contributed by atoms with Crippen LogP contribution in [0.3, 0.4) is 0 Å². The Balaban J connectivity index is 2.05. The van der Waals surface area contributed by atoms with Crippen LogP contribution in [0.1, 0.15) is 23.6 Å². The first kappa shape index (κ1) is 16.9. The molecule has 1 aliphatic rings. The predicted octanol–water partition coefficient (Wildman–Crippen LogP) is 0.489. The molecule has 0 spiro atoms. The zero-order valence-corrected chi connectivity index (χ0v) is 13.8. The predicted molar refractivity (Wildman–Crippen MR) is 85.7 cm³/mol. The van der Waals surface area contributed by atoms with E-state index in [1.54, 1.807) is 4.90 Å². The zero-order valence-electron chi connectivity index (χ0n) is 13.0. The van der Waals surface area contributed by atoms with Gasteiger partial charge in [0.25, 0.3) is 0 Å². The molecule has 2 rings (SSSR count). The molecule has 22 heavy (non-hydrogen) atoms. The number of carbonyl (C=O) groups is 1. The van der Waals surface area contributed by atoms with E-state index in [-0.39, 0.29) is 5.91 Å². The summed E-state index contributed by atoms with van der Waals surface area (Å²) in [5, 5.41) is 0. The van der Waals surface area contributed by atoms with Crippen LogP contribution < -0.4 is 5.73 Å². The Morgan fingerprint density at radius 1 is 1.14 bits per heavy atom. The number of nitrogens with zero attached hydrogens (tertiary/aromatic N) is 2. The molecule has 1 atom stereocenters. The van der Waals surface area contributed by atoms with Gasteiger partial charge in [-0.25, -0.2) is 12.7 Å². The third-order valence-corrected chi connectivity index (χ3v) is 5.24. The number of sulfonamides is 1. The molecule has 7 heteroatoms. The van der Waals surface area contributed by atoms with Gasteiger partial charge in [-0.15, -0.1) is 0 Å². The number of hydrogen-bond donors (Lipinski definition) is 1. The molecule has 122 valence electrons. The van der Waals surface area contributed by atoms with Crippen LogP contribution in [-0.2, 0) is 14.8 Å². The smallest absolute Gasteiger partial charge is 0.244 e. The molecule has 1 amide bonds. The van der Waals surface area contributed by atoms with E-state index in [1.165, 1.54) is 10.6 Å². The van der Waals surface area contributed by atoms with E-state index in [2.05, 4.69) is 0 Å². The van der Waals surface area contributed by atoms with E-state index in [9.17, 15) is 13.2 Å². The first-order chi connectivity index (χ1) is 10.3. The topological polar surface area (TPSA) is 83.7 Å². The van der Waals surface area contributed by atoms with Crippen LogP contribution in [0.4, 0.5) is 0 Å². The van der Waals surface area contributed by atoms with Gasteiger partial charge in [-0.2, -0.15) is 0 Å². The second-order valence-corrected chi connectivity index (χ2v) is 7.71. The molecule has 2 N–H and O–H groups in total. The van der Waals surface area contributed by atoms with Gasteiger partial charge < -0.3 is 10.6 Å². The third kappa shape index (κ3) is 4.06. The summed E-state index contributed by atoms with van der Waals surface area (Å²) in [6.45, 7) is 3.66. The van der Waals surface area contributed by atoms with Crippen molar-refractivity contribution in [2.75, 3.05) is 32.4 Å². The second kappa shape index (κ2) is 6.76. The molecular weight excluding hydrogens is 302 g/mol. The van der Waals surface area contributed by atoms with E-state index in [1.807, 2.05) is 31.2 Å². The fourth-order valence-electron chi connectivity index (χ4n) is 2.56. The van der Waals surface area contributed by atoms with E-state index < -0.39 is 16.1 Å². The van der Waals surface area contributed by atoms with Crippen molar-refractivity contribution in [2.24, 2.45) is 5.73 Å². The largest absolute Gasteiger partial charge is 0.340 e. The van der Waals surface area contributed by atoms with Gasteiger partial charge in [0.15, 0.2) is 0 Å². The molecule has 6 nitrogen and oxygen atoms in total. The summed E-state index contributed by atoms with van der Waals surface area (Å²) in [4.78, 5) is 14.2. The summed E-state index contributed by atoms with van der Waals surface area (Å²) < 4.78 is 24.6. The molecule has 1 fully saturated rings. The molecule has 0 aliphatic carbocycles. The monoisotopic (exact) mass is 325 g/mol. The van der Waals surface area contributed by atoms with Crippen LogP contribution in [0.5, 0.6) is 0 Å². The molecule has 1 heterocycles. The van der Waals surface area contributed by atoms with E-state index in [4.69, 9.17) is 5.73 Å². The van der Waals surface area contributed by atoms with Crippen molar-refractivity contribution in [3.05, 3.63) is 35.4 Å². The van der Waals surface area contributed by atoms with Gasteiger partial charge in [0, 0.05) is 26.2 Å². The number of amides is 1. The van der Waals surface area contributed by atoms with Crippen molar-refractivity contribution in [3.8, 4) is 0 Å². The third-order valence-electron chi connectivity index (χ3n) is 3.94. The van der Waals surface area contributed by atoms with Crippen molar-refractivity contribution in [3.63, 3.8) is 0 Å². The maximum Gasteiger partial charge on any atom is 0.244 e. The highest BCUT2D eigenvalue weighted by molar-refractivity contribution is 7.88. The molecule has 0 saturated carbocycles. The minimum Gasteiger partial charge on any atom is -0.340 e. The van der Waals surface area contributed by atoms with Crippen molar-refractivity contribution in [1.82, 2.24) is 9.21 Å². The molecule has 0 aromatic heterocycles. The SMILES string of the molecule is Cc1ccc(C(N)C(=O)N2CCCN(S(C)(=O)=O)CC2)cc1. The molecule has 1 aromatic rings. The van der Waals surface area contributed by atoms with Crippen LogP contribution in [0.15, 0.2) is 24.3 Å². The van der Waals surface area contributed by atoms with Crippen molar-refractivity contribution in [1.29, 1.82) is 0 Å². The summed E-state index contributed by atoms with van der Waals surface area (Å²) >= 11 is 0. The van der Waals surface area contributed by atoms with Crippen molar-refractivity contribution >= 4 is 15.9 Å². The van der Waals surface area contributed by atoms with Gasteiger partial charge in [0.05, 0.1) is 6.26 Å². The van der Waals surface area contributed by atoms with Gasteiger partial charge in [-0.3, -0.25) is 4.79 Å². The highest BCUT2D eigenvalue weighted by Gasteiger charge is 2.27. The first-order valence-electron chi connectivity index (χ1n) is 7.35. The van der Waals surface area contributed by atoms with Crippen LogP contribution >= 0.6 is 0 Å². The minimum atomic E-state index is -3.21. The van der Waals surface area contributed by atoms with Crippen LogP contribution in [-0.4, -0.2) is 56.0 Å². The van der Waals surface area contributed by atoms with Gasteiger partial charge in [-0.1, -0.05) is 29.8 Å². The molecule has 1 aliphatic heterocycles. The van der Waals surface area contributed by atoms with Crippen molar-refractivity contribution in [2.45, 2.75) is 19.4 Å². The minimum absolute atomic E-state index is 0.154. The summed E-state index contributed by atoms with van der Waals surface area (Å²) in [6, 6.07) is 6.87. The second-order valence-electron chi connectivity index (χ2n) is 5.73. The van der Waals surface area contributed by atoms with Gasteiger partial charge >= 0.3 is 0 Å². The number of aryl methyl sites for hydroxylation is 1. The average molecular weight is 325 g/mol. The quantitative estimate of drug-likeness (QED) is 0.876. The Morgan fingerprint density at radius 2 is 1.77 bits per heavy atom. The number of rotatable bonds is 3. The van der Waals surface area contributed by atoms with E-state index in [0.717, 1.165) is 11.1 Å². The highest BCUT2D eigenvalue weighted by atomic mass is 32.2. The Labute approximate surface area is 131 Å². The molecular formula is C15H23N3O3S. The lowest BCUT2D eigenvalue weighted by Crippen LogP contribution is -2.41. The number of benzene rings is 1. The normalized spacial score (nSPS) is 18.8. The Bertz CT molecular complexity index is 628. The Hall–Kier alpha value is -1.44. The maximum absolute atomic E-state index is 12.5. The molecule has 1 aromatic carbocycles. The Morgan fingerprint density at radius 3 is 2.36 bits per heavy atom. The van der Waals surface area contributed by atoms with Gasteiger partial charge in [-0.05, 0) is 18.9 Å². The van der Waals surface area contributed by atoms with Crippen LogP contribution in [0.25, 0.3) is 0 Å². The van der Waals surface area contributed by atoms with Gasteiger partial charge in [0.1, 0.15) is 6.04 Å². The number of hydrogen-bond acceptors (Lipinski definition) is 4. The Kier molecular flexibility index (Phi) is 5.20. The number of carbonyl (C=O) groups excluding carboxylic acids is 1. The zero-order chi connectivity index (χ0) is 16.3. The molecule has 1 saturated heterocycles. The lowest BCUT2D eigenvalue weighted by molar-refractivity contribution is -0.132. The first-order valence-corrected chi connectivity index (χ1v) is 9.20. The molecule has 0 bridgehead atoms. The number of nitrogens with two attached hydrogens (primary N) is 1. The fourth-order valence-corrected chi connectivity index (χ4v) is 3.43. The maximum atomic E-state index is 12.5. The summed E-state index contributed by atoms with van der Waals surface area (Å²) in [7, 11) is -3.21. The van der Waals surface area contributed by atoms with E-state index in [0.29, 0.717) is 32.6 Å². The van der Waals surface area contributed by atoms with Gasteiger partial charge in [0.2, 0.25) is 15.9 Å². The summed E-state index contributed by atoms with van der Waals surface area (Å²) in [5.74, 6) is -0.154. The summed E-state index contributed by atoms with van der Waals surface area (Å²) in [6.07, 6.45) is 1.82. The van der Waals surface area contributed by atoms with E-state index >= 15 is 0 Å². The molecule has 0 radical (unpaired) electrons. The lowest BCUT2D eigenvalue weighted by atomic mass is 10.0. The van der Waals surface area contributed by atoms with Crippen LogP contribution in [0.2, 0.25) is 0 Å². The molecule has 1 unspecified atom stereocenters. The highest BCUT2D eigenvalue weighted by Crippen LogP contribution is 2.16. The lowest BCUT2D eigenvalue weighted by Gasteiger charge is -2.24. The standard InChI is InChI=1S/C15H23N3O3S/c1-12-4-6-13(7-5-12)14(16)15(19)17-8-3-9-18(11-10-17)22(2,20)21/h4-7,14H,3,8-11,16H2,1-2H3. The average Bonchev–Trinajstić information content (AvgIpc) is 2.72. The van der Waals surface area contributed by atoms with Crippen molar-refractivity contribution < 1.29 is 13.2 Å². The summed E-state index contributed by atoms with van der Waals surface area (Å²) in [5.41, 5.74) is 7.96. The van der Waals surface area contributed by atoms with Crippen LogP contribution in [0, 0.1) is 6.92 Å².